The molecule has 1 fully saturated rings. The molecule has 0 bridgehead atoms. The lowest BCUT2D eigenvalue weighted by Gasteiger charge is -2.03. The highest BCUT2D eigenvalue weighted by molar-refractivity contribution is 5.78. The first-order chi connectivity index (χ1) is 9.31. The molecule has 1 atom stereocenters. The molecule has 1 saturated heterocycles. The number of rotatable bonds is 3. The summed E-state index contributed by atoms with van der Waals surface area (Å²) in [6.07, 6.45) is 7.30. The molecule has 1 aliphatic heterocycles. The van der Waals surface area contributed by atoms with Crippen LogP contribution in [-0.4, -0.2) is 41.8 Å². The molecule has 0 aliphatic carbocycles. The Morgan fingerprint density at radius 3 is 2.89 bits per heavy atom. The van der Waals surface area contributed by atoms with Gasteiger partial charge in [-0.25, -0.2) is 19.9 Å². The smallest absolute Gasteiger partial charge is 0.169 e. The largest absolute Gasteiger partial charge is 0.371 e. The zero-order valence-corrected chi connectivity index (χ0v) is 10.4. The number of fused-ring (bicyclic) bond motifs is 1. The Kier molecular flexibility index (Phi) is 2.16. The van der Waals surface area contributed by atoms with Crippen LogP contribution in [0.4, 0.5) is 0 Å². The van der Waals surface area contributed by atoms with Crippen LogP contribution in [0, 0.1) is 6.92 Å². The second kappa shape index (κ2) is 3.86. The summed E-state index contributed by atoms with van der Waals surface area (Å²) in [4.78, 5) is 17.3. The predicted molar refractivity (Wildman–Crippen MR) is 66.9 cm³/mol. The molecule has 4 heterocycles. The average Bonchev–Trinajstić information content (AvgIpc) is 2.98. The lowest BCUT2D eigenvalue weighted by atomic mass is 10.4. The minimum Gasteiger partial charge on any atom is -0.371 e. The van der Waals surface area contributed by atoms with Crippen molar-refractivity contribution < 1.29 is 4.74 Å². The molecule has 0 spiro atoms. The molecule has 19 heavy (non-hydrogen) atoms. The molecule has 0 aromatic carbocycles. The third-order valence-electron chi connectivity index (χ3n) is 3.14. The van der Waals surface area contributed by atoms with Gasteiger partial charge in [0.1, 0.15) is 12.7 Å². The molecule has 7 nitrogen and oxygen atoms in total. The van der Waals surface area contributed by atoms with Crippen LogP contribution < -0.4 is 0 Å². The predicted octanol–water partition coefficient (Wildman–Crippen LogP) is 0.719. The van der Waals surface area contributed by atoms with E-state index >= 15 is 0 Å². The second-order valence-electron chi connectivity index (χ2n) is 4.64. The van der Waals surface area contributed by atoms with E-state index in [4.69, 9.17) is 4.74 Å². The molecule has 7 heteroatoms. The minimum atomic E-state index is 0.298. The van der Waals surface area contributed by atoms with Gasteiger partial charge in [0.2, 0.25) is 0 Å². The summed E-state index contributed by atoms with van der Waals surface area (Å²) in [5, 5.41) is 0. The minimum absolute atomic E-state index is 0.298. The van der Waals surface area contributed by atoms with Crippen molar-refractivity contribution in [3.8, 4) is 5.82 Å². The van der Waals surface area contributed by atoms with E-state index < -0.39 is 0 Å². The van der Waals surface area contributed by atoms with E-state index in [-0.39, 0.29) is 0 Å². The molecule has 0 saturated carbocycles. The van der Waals surface area contributed by atoms with Gasteiger partial charge in [-0.05, 0) is 6.92 Å². The number of epoxide rings is 1. The Balaban J connectivity index is 1.85. The van der Waals surface area contributed by atoms with Gasteiger partial charge in [-0.3, -0.25) is 4.57 Å². The van der Waals surface area contributed by atoms with Crippen LogP contribution in [0.2, 0.25) is 0 Å². The number of aryl methyl sites for hydroxylation is 1. The van der Waals surface area contributed by atoms with E-state index in [1.54, 1.807) is 19.0 Å². The molecule has 1 aliphatic rings. The molecule has 96 valence electrons. The van der Waals surface area contributed by atoms with E-state index in [2.05, 4.69) is 19.9 Å². The number of imidazole rings is 2. The lowest BCUT2D eigenvalue weighted by Crippen LogP contribution is -2.04. The van der Waals surface area contributed by atoms with Crippen molar-refractivity contribution in [2.45, 2.75) is 19.6 Å². The fourth-order valence-electron chi connectivity index (χ4n) is 2.12. The van der Waals surface area contributed by atoms with Crippen LogP contribution in [0.5, 0.6) is 0 Å². The summed E-state index contributed by atoms with van der Waals surface area (Å²) >= 11 is 0. The molecule has 4 rings (SSSR count). The van der Waals surface area contributed by atoms with Crippen LogP contribution in [0.25, 0.3) is 17.0 Å². The van der Waals surface area contributed by atoms with Crippen molar-refractivity contribution in [1.82, 2.24) is 29.1 Å². The van der Waals surface area contributed by atoms with Gasteiger partial charge in [0, 0.05) is 6.20 Å². The van der Waals surface area contributed by atoms with E-state index in [1.807, 2.05) is 22.3 Å². The van der Waals surface area contributed by atoms with Crippen molar-refractivity contribution in [2.24, 2.45) is 0 Å². The van der Waals surface area contributed by atoms with Gasteiger partial charge >= 0.3 is 0 Å². The van der Waals surface area contributed by atoms with Gasteiger partial charge in [0.15, 0.2) is 17.0 Å². The van der Waals surface area contributed by atoms with Crippen LogP contribution in [-0.2, 0) is 11.3 Å². The number of aromatic nitrogens is 6. The third-order valence-corrected chi connectivity index (χ3v) is 3.14. The van der Waals surface area contributed by atoms with Gasteiger partial charge in [0.25, 0.3) is 0 Å². The van der Waals surface area contributed by atoms with Crippen molar-refractivity contribution >= 4 is 11.2 Å². The Bertz CT molecular complexity index is 742. The maximum absolute atomic E-state index is 5.24. The van der Waals surface area contributed by atoms with E-state index in [0.717, 1.165) is 35.8 Å². The quantitative estimate of drug-likeness (QED) is 0.645. The summed E-state index contributed by atoms with van der Waals surface area (Å²) in [5.41, 5.74) is 2.55. The monoisotopic (exact) mass is 256 g/mol. The fraction of sp³-hybridized carbons (Fsp3) is 0.333. The summed E-state index contributed by atoms with van der Waals surface area (Å²) in [5.74, 6) is 0.751. The first-order valence-corrected chi connectivity index (χ1v) is 6.09. The van der Waals surface area contributed by atoms with Crippen LogP contribution >= 0.6 is 0 Å². The normalized spacial score (nSPS) is 18.1. The first-order valence-electron chi connectivity index (χ1n) is 6.09. The van der Waals surface area contributed by atoms with Gasteiger partial charge in [-0.2, -0.15) is 0 Å². The topological polar surface area (TPSA) is 74.0 Å². The Hall–Kier alpha value is -2.28. The maximum Gasteiger partial charge on any atom is 0.169 e. The fourth-order valence-corrected chi connectivity index (χ4v) is 2.12. The summed E-state index contributed by atoms with van der Waals surface area (Å²) < 4.78 is 9.11. The zero-order valence-electron chi connectivity index (χ0n) is 10.4. The van der Waals surface area contributed by atoms with Crippen molar-refractivity contribution in [1.29, 1.82) is 0 Å². The number of ether oxygens (including phenoxy) is 1. The lowest BCUT2D eigenvalue weighted by molar-refractivity contribution is 0.384. The number of hydrogen-bond donors (Lipinski definition) is 0. The highest BCUT2D eigenvalue weighted by Gasteiger charge is 2.24. The van der Waals surface area contributed by atoms with Crippen LogP contribution in [0.15, 0.2) is 25.2 Å². The van der Waals surface area contributed by atoms with Crippen molar-refractivity contribution in [3.05, 3.63) is 30.9 Å². The molecule has 0 N–H and O–H groups in total. The Morgan fingerprint density at radius 2 is 2.16 bits per heavy atom. The molecule has 1 unspecified atom stereocenters. The number of nitrogens with zero attached hydrogens (tertiary/aromatic N) is 6. The highest BCUT2D eigenvalue weighted by atomic mass is 16.6. The Labute approximate surface area is 108 Å². The van der Waals surface area contributed by atoms with E-state index in [9.17, 15) is 0 Å². The van der Waals surface area contributed by atoms with Crippen molar-refractivity contribution in [2.75, 3.05) is 6.61 Å². The second-order valence-corrected chi connectivity index (χ2v) is 4.64. The third kappa shape index (κ3) is 1.78. The SMILES string of the molecule is Cc1cn(-c2ncnc3c2ncn3CC2CO2)cn1. The van der Waals surface area contributed by atoms with E-state index in [1.165, 1.54) is 0 Å². The summed E-state index contributed by atoms with van der Waals surface area (Å²) in [6, 6.07) is 0. The molecular weight excluding hydrogens is 244 g/mol. The average molecular weight is 256 g/mol. The van der Waals surface area contributed by atoms with E-state index in [0.29, 0.717) is 6.10 Å². The summed E-state index contributed by atoms with van der Waals surface area (Å²) in [6.45, 7) is 3.55. The van der Waals surface area contributed by atoms with Gasteiger partial charge in [-0.15, -0.1) is 0 Å². The highest BCUT2D eigenvalue weighted by Crippen LogP contribution is 2.19. The Morgan fingerprint density at radius 1 is 1.26 bits per heavy atom. The van der Waals surface area contributed by atoms with Crippen LogP contribution in [0.1, 0.15) is 5.69 Å². The molecule has 0 radical (unpaired) electrons. The zero-order chi connectivity index (χ0) is 12.8. The van der Waals surface area contributed by atoms with Crippen molar-refractivity contribution in [3.63, 3.8) is 0 Å². The first kappa shape index (κ1) is 10.6. The molecule has 0 amide bonds. The standard InChI is InChI=1S/C12H12N6O/c1-8-2-17(6-15-8)11-10-12(14-5-13-11)18(7-16-10)3-9-4-19-9/h2,5-7,9H,3-4H2,1H3. The summed E-state index contributed by atoms with van der Waals surface area (Å²) in [7, 11) is 0. The molecule has 3 aromatic rings. The van der Waals surface area contributed by atoms with Gasteiger partial charge in [0.05, 0.1) is 31.3 Å². The molecular formula is C12H12N6O. The maximum atomic E-state index is 5.24. The number of hydrogen-bond acceptors (Lipinski definition) is 5. The van der Waals surface area contributed by atoms with Crippen LogP contribution in [0.3, 0.4) is 0 Å². The van der Waals surface area contributed by atoms with Gasteiger partial charge in [-0.1, -0.05) is 0 Å². The van der Waals surface area contributed by atoms with Gasteiger partial charge < -0.3 is 9.30 Å². The molecule has 3 aromatic heterocycles.